The van der Waals surface area contributed by atoms with Gasteiger partial charge in [-0.05, 0) is 12.5 Å². The maximum atomic E-state index is 5.92. The van der Waals surface area contributed by atoms with Crippen molar-refractivity contribution in [1.29, 1.82) is 0 Å². The van der Waals surface area contributed by atoms with Crippen molar-refractivity contribution < 1.29 is 0 Å². The molecule has 0 aliphatic heterocycles. The van der Waals surface area contributed by atoms with E-state index in [1.165, 1.54) is 0 Å². The van der Waals surface area contributed by atoms with E-state index in [0.717, 1.165) is 40.6 Å². The molecule has 2 heterocycles. The minimum Gasteiger partial charge on any atom is -0.382 e. The number of aromatic amines is 1. The van der Waals surface area contributed by atoms with E-state index in [-0.39, 0.29) is 0 Å². The lowest BCUT2D eigenvalue weighted by Gasteiger charge is -2.08. The summed E-state index contributed by atoms with van der Waals surface area (Å²) in [4.78, 5) is 4.62. The monoisotopic (exact) mass is 241 g/mol. The van der Waals surface area contributed by atoms with Gasteiger partial charge in [0.25, 0.3) is 0 Å². The molecular weight excluding hydrogens is 226 g/mol. The Morgan fingerprint density at radius 1 is 1.33 bits per heavy atom. The summed E-state index contributed by atoms with van der Waals surface area (Å²) in [6.45, 7) is 2.98. The van der Waals surface area contributed by atoms with Crippen LogP contribution in [0.5, 0.6) is 0 Å². The van der Waals surface area contributed by atoms with Gasteiger partial charge in [-0.1, -0.05) is 25.1 Å². The lowest BCUT2D eigenvalue weighted by Crippen LogP contribution is -2.03. The third-order valence-corrected chi connectivity index (χ3v) is 2.98. The van der Waals surface area contributed by atoms with Crippen LogP contribution in [-0.4, -0.2) is 21.7 Å². The molecule has 0 unspecified atom stereocenters. The van der Waals surface area contributed by atoms with Crippen LogP contribution in [0.25, 0.3) is 21.8 Å². The van der Waals surface area contributed by atoms with Crippen LogP contribution >= 0.6 is 0 Å². The van der Waals surface area contributed by atoms with Crippen LogP contribution in [0.15, 0.2) is 24.3 Å². The second kappa shape index (κ2) is 4.18. The minimum absolute atomic E-state index is 0.488. The second-order valence-electron chi connectivity index (χ2n) is 4.26. The van der Waals surface area contributed by atoms with Gasteiger partial charge in [-0.25, -0.2) is 4.98 Å². The molecule has 1 aromatic carbocycles. The number of rotatable bonds is 3. The number of nitrogen functional groups attached to an aromatic ring is 1. The SMILES string of the molecule is CCCNc1nc2ccccc2c2[nH]nc(N)c12. The van der Waals surface area contributed by atoms with Gasteiger partial charge in [0, 0.05) is 11.9 Å². The van der Waals surface area contributed by atoms with Gasteiger partial charge in [-0.15, -0.1) is 0 Å². The normalized spacial score (nSPS) is 11.2. The van der Waals surface area contributed by atoms with Crippen molar-refractivity contribution in [2.45, 2.75) is 13.3 Å². The molecule has 3 rings (SSSR count). The number of anilines is 2. The zero-order chi connectivity index (χ0) is 12.5. The third-order valence-electron chi connectivity index (χ3n) is 2.98. The Kier molecular flexibility index (Phi) is 2.51. The van der Waals surface area contributed by atoms with E-state index in [1.807, 2.05) is 24.3 Å². The minimum atomic E-state index is 0.488. The topological polar surface area (TPSA) is 79.6 Å². The van der Waals surface area contributed by atoms with E-state index in [0.29, 0.717) is 5.82 Å². The Morgan fingerprint density at radius 3 is 3.00 bits per heavy atom. The Morgan fingerprint density at radius 2 is 2.17 bits per heavy atom. The van der Waals surface area contributed by atoms with Gasteiger partial charge in [-0.3, -0.25) is 5.10 Å². The Bertz CT molecular complexity index is 701. The first-order valence-electron chi connectivity index (χ1n) is 6.07. The first-order chi connectivity index (χ1) is 8.81. The van der Waals surface area contributed by atoms with E-state index < -0.39 is 0 Å². The van der Waals surface area contributed by atoms with Gasteiger partial charge < -0.3 is 11.1 Å². The molecule has 0 atom stereocenters. The molecule has 0 spiro atoms. The van der Waals surface area contributed by atoms with E-state index in [9.17, 15) is 0 Å². The first-order valence-corrected chi connectivity index (χ1v) is 6.07. The number of fused-ring (bicyclic) bond motifs is 3. The summed E-state index contributed by atoms with van der Waals surface area (Å²) in [5.74, 6) is 1.29. The van der Waals surface area contributed by atoms with Crippen LogP contribution in [0.1, 0.15) is 13.3 Å². The van der Waals surface area contributed by atoms with E-state index in [2.05, 4.69) is 27.4 Å². The van der Waals surface area contributed by atoms with Crippen molar-refractivity contribution in [3.05, 3.63) is 24.3 Å². The van der Waals surface area contributed by atoms with E-state index in [1.54, 1.807) is 0 Å². The molecule has 0 saturated carbocycles. The maximum absolute atomic E-state index is 5.92. The van der Waals surface area contributed by atoms with Crippen LogP contribution in [0.3, 0.4) is 0 Å². The van der Waals surface area contributed by atoms with E-state index >= 15 is 0 Å². The fraction of sp³-hybridized carbons (Fsp3) is 0.231. The molecule has 0 fully saturated rings. The zero-order valence-corrected chi connectivity index (χ0v) is 10.2. The van der Waals surface area contributed by atoms with Gasteiger partial charge in [0.2, 0.25) is 0 Å². The number of nitrogens with one attached hydrogen (secondary N) is 2. The van der Waals surface area contributed by atoms with Crippen LogP contribution in [0.2, 0.25) is 0 Å². The molecule has 3 aromatic rings. The number of para-hydroxylation sites is 1. The van der Waals surface area contributed by atoms with Crippen molar-refractivity contribution in [3.8, 4) is 0 Å². The molecule has 92 valence electrons. The standard InChI is InChI=1S/C13H15N5/c1-2-7-15-13-10-11(17-18-12(10)14)8-5-3-4-6-9(8)16-13/h3-6H,2,7H2,1H3,(H,15,16)(H3,14,17,18). The van der Waals surface area contributed by atoms with Gasteiger partial charge >= 0.3 is 0 Å². The largest absolute Gasteiger partial charge is 0.382 e. The molecule has 4 N–H and O–H groups in total. The molecule has 18 heavy (non-hydrogen) atoms. The lowest BCUT2D eigenvalue weighted by molar-refractivity contribution is 0.974. The van der Waals surface area contributed by atoms with Gasteiger partial charge in [0.1, 0.15) is 5.82 Å². The Hall–Kier alpha value is -2.30. The van der Waals surface area contributed by atoms with Crippen molar-refractivity contribution in [2.75, 3.05) is 17.6 Å². The fourth-order valence-corrected chi connectivity index (χ4v) is 2.12. The van der Waals surface area contributed by atoms with Crippen LogP contribution in [0, 0.1) is 0 Å². The summed E-state index contributed by atoms with van der Waals surface area (Å²) >= 11 is 0. The Balaban J connectivity index is 2.33. The summed E-state index contributed by atoms with van der Waals surface area (Å²) in [6.07, 6.45) is 1.04. The number of pyridine rings is 1. The average molecular weight is 241 g/mol. The quantitative estimate of drug-likeness (QED) is 0.658. The first kappa shape index (κ1) is 10.8. The predicted molar refractivity (Wildman–Crippen MR) is 74.6 cm³/mol. The summed E-state index contributed by atoms with van der Waals surface area (Å²) in [7, 11) is 0. The number of nitrogens with two attached hydrogens (primary N) is 1. The van der Waals surface area contributed by atoms with Crippen LogP contribution in [-0.2, 0) is 0 Å². The molecule has 2 aromatic heterocycles. The Labute approximate surface area is 104 Å². The third kappa shape index (κ3) is 1.55. The molecule has 0 amide bonds. The highest BCUT2D eigenvalue weighted by atomic mass is 15.2. The molecule has 0 aliphatic rings. The number of nitrogens with zero attached hydrogens (tertiary/aromatic N) is 2. The number of hydrogen-bond acceptors (Lipinski definition) is 4. The van der Waals surface area contributed by atoms with Gasteiger partial charge in [-0.2, -0.15) is 5.10 Å². The molecule has 5 nitrogen and oxygen atoms in total. The fourth-order valence-electron chi connectivity index (χ4n) is 2.12. The number of benzene rings is 1. The molecule has 5 heteroatoms. The summed E-state index contributed by atoms with van der Waals surface area (Å²) in [6, 6.07) is 7.97. The molecule has 0 aliphatic carbocycles. The maximum Gasteiger partial charge on any atom is 0.156 e. The highest BCUT2D eigenvalue weighted by Crippen LogP contribution is 2.31. The lowest BCUT2D eigenvalue weighted by atomic mass is 10.1. The van der Waals surface area contributed by atoms with Crippen molar-refractivity contribution in [2.24, 2.45) is 0 Å². The molecule has 0 radical (unpaired) electrons. The van der Waals surface area contributed by atoms with Crippen molar-refractivity contribution in [3.63, 3.8) is 0 Å². The smallest absolute Gasteiger partial charge is 0.156 e. The summed E-state index contributed by atoms with van der Waals surface area (Å²) < 4.78 is 0. The van der Waals surface area contributed by atoms with Crippen molar-refractivity contribution >= 4 is 33.4 Å². The van der Waals surface area contributed by atoms with Gasteiger partial charge in [0.15, 0.2) is 5.82 Å². The van der Waals surface area contributed by atoms with Crippen LogP contribution < -0.4 is 11.1 Å². The summed E-state index contributed by atoms with van der Waals surface area (Å²) in [5.41, 5.74) is 7.80. The number of H-pyrrole nitrogens is 1. The highest BCUT2D eigenvalue weighted by molar-refractivity contribution is 6.11. The second-order valence-corrected chi connectivity index (χ2v) is 4.26. The number of aromatic nitrogens is 3. The molecular formula is C13H15N5. The van der Waals surface area contributed by atoms with Gasteiger partial charge in [0.05, 0.1) is 16.4 Å². The zero-order valence-electron chi connectivity index (χ0n) is 10.2. The van der Waals surface area contributed by atoms with Crippen molar-refractivity contribution in [1.82, 2.24) is 15.2 Å². The molecule has 0 bridgehead atoms. The predicted octanol–water partition coefficient (Wildman–Crippen LogP) is 2.52. The number of hydrogen-bond donors (Lipinski definition) is 3. The molecule has 0 saturated heterocycles. The van der Waals surface area contributed by atoms with Crippen LogP contribution in [0.4, 0.5) is 11.6 Å². The highest BCUT2D eigenvalue weighted by Gasteiger charge is 2.12. The average Bonchev–Trinajstić information content (AvgIpc) is 2.79. The summed E-state index contributed by atoms with van der Waals surface area (Å²) in [5, 5.41) is 12.3. The van der Waals surface area contributed by atoms with E-state index in [4.69, 9.17) is 5.73 Å².